The molecule has 0 radical (unpaired) electrons. The van der Waals surface area contributed by atoms with Gasteiger partial charge in [-0.25, -0.2) is 0 Å². The number of hydrogen-bond donors (Lipinski definition) is 0. The van der Waals surface area contributed by atoms with Crippen LogP contribution in [0.4, 0.5) is 0 Å². The summed E-state index contributed by atoms with van der Waals surface area (Å²) in [7, 11) is 3.15. The van der Waals surface area contributed by atoms with Crippen molar-refractivity contribution in [3.8, 4) is 0 Å². The van der Waals surface area contributed by atoms with Crippen molar-refractivity contribution in [3.63, 3.8) is 0 Å². The molecule has 0 aliphatic rings. The minimum Gasteiger partial charge on any atom is -0.493 e. The van der Waals surface area contributed by atoms with E-state index in [-0.39, 0.29) is 0 Å². The van der Waals surface area contributed by atoms with E-state index < -0.39 is 0 Å². The number of methoxy groups -OCH3 is 2. The van der Waals surface area contributed by atoms with Gasteiger partial charge in [-0.15, -0.1) is 0 Å². The quantitative estimate of drug-likeness (QED) is 0.495. The van der Waals surface area contributed by atoms with Gasteiger partial charge in [0.15, 0.2) is 11.5 Å². The first kappa shape index (κ1) is 15.1. The number of ether oxygens (including phenoxy) is 2. The average molecular weight is 196 g/mol. The maximum absolute atomic E-state index is 5.05. The van der Waals surface area contributed by atoms with Crippen LogP contribution in [-0.2, 0) is 9.47 Å². The third-order valence-corrected chi connectivity index (χ3v) is 1.22. The van der Waals surface area contributed by atoms with Crippen LogP contribution in [0.3, 0.4) is 0 Å². The van der Waals surface area contributed by atoms with Crippen LogP contribution in [0.2, 0.25) is 0 Å². The molecule has 2 nitrogen and oxygen atoms in total. The second-order valence-electron chi connectivity index (χ2n) is 1.94. The number of hydrogen-bond acceptors (Lipinski definition) is 2. The summed E-state index contributed by atoms with van der Waals surface area (Å²) in [6.07, 6.45) is 6.71. The van der Waals surface area contributed by atoms with Crippen molar-refractivity contribution < 1.29 is 9.47 Å². The van der Waals surface area contributed by atoms with E-state index in [9.17, 15) is 0 Å². The molecule has 0 N–H and O–H groups in total. The minimum absolute atomic E-state index is 0.632. The largest absolute Gasteiger partial charge is 0.493 e. The maximum Gasteiger partial charge on any atom is 0.160 e. The van der Waals surface area contributed by atoms with Gasteiger partial charge in [-0.05, 0) is 12.2 Å². The zero-order chi connectivity index (χ0) is 11.4. The average Bonchev–Trinajstić information content (AvgIpc) is 2.26. The number of rotatable bonds is 5. The third-order valence-electron chi connectivity index (χ3n) is 1.22. The third kappa shape index (κ3) is 6.12. The Hall–Kier alpha value is -1.44. The molecule has 0 bridgehead atoms. The zero-order valence-electron chi connectivity index (χ0n) is 9.54. The lowest BCUT2D eigenvalue weighted by molar-refractivity contribution is 0.220. The molecule has 0 heterocycles. The lowest BCUT2D eigenvalue weighted by atomic mass is 10.3. The molecule has 0 aromatic heterocycles. The lowest BCUT2D eigenvalue weighted by Crippen LogP contribution is -1.94. The van der Waals surface area contributed by atoms with E-state index in [0.29, 0.717) is 11.5 Å². The predicted molar refractivity (Wildman–Crippen MR) is 61.9 cm³/mol. The summed E-state index contributed by atoms with van der Waals surface area (Å²) in [4.78, 5) is 0. The molecule has 0 fully saturated rings. The van der Waals surface area contributed by atoms with Crippen molar-refractivity contribution in [2.24, 2.45) is 0 Å². The van der Waals surface area contributed by atoms with Crippen LogP contribution < -0.4 is 0 Å². The van der Waals surface area contributed by atoms with E-state index in [0.717, 1.165) is 0 Å². The van der Waals surface area contributed by atoms with Crippen molar-refractivity contribution in [3.05, 3.63) is 49.0 Å². The summed E-state index contributed by atoms with van der Waals surface area (Å²) < 4.78 is 10.1. The highest BCUT2D eigenvalue weighted by Gasteiger charge is 2.01. The first-order valence-corrected chi connectivity index (χ1v) is 4.54. The van der Waals surface area contributed by atoms with Crippen molar-refractivity contribution in [1.82, 2.24) is 0 Å². The standard InChI is InChI=1S/C10H14O2.C2H6/c1-5-7-9(11-3)10(12-4)8-6-2;1-2/h5-8H,1-2H2,3-4H3;1-2H3/b9-7+,10-8+;. The summed E-state index contributed by atoms with van der Waals surface area (Å²) in [5.74, 6) is 1.26. The molecule has 14 heavy (non-hydrogen) atoms. The van der Waals surface area contributed by atoms with E-state index >= 15 is 0 Å². The summed E-state index contributed by atoms with van der Waals surface area (Å²) in [6.45, 7) is 11.1. The molecule has 0 rings (SSSR count). The van der Waals surface area contributed by atoms with Gasteiger partial charge in [-0.3, -0.25) is 0 Å². The highest BCUT2D eigenvalue weighted by atomic mass is 16.5. The van der Waals surface area contributed by atoms with Crippen molar-refractivity contribution in [2.45, 2.75) is 13.8 Å². The van der Waals surface area contributed by atoms with Crippen LogP contribution in [0.15, 0.2) is 49.0 Å². The molecule has 0 saturated carbocycles. The Morgan fingerprint density at radius 1 is 0.857 bits per heavy atom. The van der Waals surface area contributed by atoms with Gasteiger partial charge >= 0.3 is 0 Å². The summed E-state index contributed by atoms with van der Waals surface area (Å²) in [5, 5.41) is 0. The van der Waals surface area contributed by atoms with Gasteiger partial charge in [-0.1, -0.05) is 39.2 Å². The van der Waals surface area contributed by atoms with E-state index in [2.05, 4.69) is 13.2 Å². The van der Waals surface area contributed by atoms with E-state index in [4.69, 9.17) is 9.47 Å². The van der Waals surface area contributed by atoms with Crippen molar-refractivity contribution in [1.29, 1.82) is 0 Å². The fourth-order valence-electron chi connectivity index (χ4n) is 0.716. The van der Waals surface area contributed by atoms with Gasteiger partial charge in [0.05, 0.1) is 14.2 Å². The Morgan fingerprint density at radius 2 is 1.14 bits per heavy atom. The fourth-order valence-corrected chi connectivity index (χ4v) is 0.716. The molecular weight excluding hydrogens is 176 g/mol. The van der Waals surface area contributed by atoms with Crippen LogP contribution >= 0.6 is 0 Å². The molecule has 0 aliphatic heterocycles. The first-order chi connectivity index (χ1) is 6.79. The van der Waals surface area contributed by atoms with Gasteiger partial charge in [-0.2, -0.15) is 0 Å². The smallest absolute Gasteiger partial charge is 0.160 e. The highest BCUT2D eigenvalue weighted by molar-refractivity contribution is 5.26. The topological polar surface area (TPSA) is 18.5 Å². The SMILES string of the molecule is C=C/C=C(OC)\C(=C/C=C)OC.CC. The Bertz CT molecular complexity index is 188. The Balaban J connectivity index is 0. The van der Waals surface area contributed by atoms with Gasteiger partial charge < -0.3 is 9.47 Å². The van der Waals surface area contributed by atoms with Gasteiger partial charge in [0, 0.05) is 0 Å². The summed E-state index contributed by atoms with van der Waals surface area (Å²) >= 11 is 0. The summed E-state index contributed by atoms with van der Waals surface area (Å²) in [6, 6.07) is 0. The van der Waals surface area contributed by atoms with Crippen LogP contribution in [-0.4, -0.2) is 14.2 Å². The minimum atomic E-state index is 0.632. The van der Waals surface area contributed by atoms with Crippen LogP contribution in [0, 0.1) is 0 Å². The molecule has 0 amide bonds. The van der Waals surface area contributed by atoms with Gasteiger partial charge in [0.2, 0.25) is 0 Å². The molecule has 0 aromatic rings. The molecule has 0 aromatic carbocycles. The van der Waals surface area contributed by atoms with Crippen LogP contribution in [0.25, 0.3) is 0 Å². The van der Waals surface area contributed by atoms with E-state index in [1.165, 1.54) is 0 Å². The van der Waals surface area contributed by atoms with Gasteiger partial charge in [0.1, 0.15) is 0 Å². The Morgan fingerprint density at radius 3 is 1.29 bits per heavy atom. The van der Waals surface area contributed by atoms with Crippen molar-refractivity contribution in [2.75, 3.05) is 14.2 Å². The first-order valence-electron chi connectivity index (χ1n) is 4.54. The maximum atomic E-state index is 5.05. The normalized spacial score (nSPS) is 10.9. The Labute approximate surface area is 87.2 Å². The van der Waals surface area contributed by atoms with Crippen LogP contribution in [0.1, 0.15) is 13.8 Å². The second kappa shape index (κ2) is 11.6. The molecule has 0 spiro atoms. The van der Waals surface area contributed by atoms with Gasteiger partial charge in [0.25, 0.3) is 0 Å². The molecule has 0 unspecified atom stereocenters. The zero-order valence-corrected chi connectivity index (χ0v) is 9.54. The fraction of sp³-hybridized carbons (Fsp3) is 0.333. The molecule has 0 saturated heterocycles. The van der Waals surface area contributed by atoms with Crippen molar-refractivity contribution >= 4 is 0 Å². The molecular formula is C12H20O2. The molecule has 0 aliphatic carbocycles. The summed E-state index contributed by atoms with van der Waals surface area (Å²) in [5.41, 5.74) is 0. The van der Waals surface area contributed by atoms with E-state index in [1.807, 2.05) is 13.8 Å². The second-order valence-corrected chi connectivity index (χ2v) is 1.94. The predicted octanol–water partition coefficient (Wildman–Crippen LogP) is 3.45. The lowest BCUT2D eigenvalue weighted by Gasteiger charge is -2.07. The highest BCUT2D eigenvalue weighted by Crippen LogP contribution is 2.11. The molecule has 2 heteroatoms. The molecule has 0 atom stereocenters. The number of allylic oxidation sites excluding steroid dienone is 4. The monoisotopic (exact) mass is 196 g/mol. The molecule has 80 valence electrons. The van der Waals surface area contributed by atoms with Crippen LogP contribution in [0.5, 0.6) is 0 Å². The Kier molecular flexibility index (Phi) is 12.4. The van der Waals surface area contributed by atoms with E-state index in [1.54, 1.807) is 38.5 Å².